The number of ether oxygens (including phenoxy) is 2. The smallest absolute Gasteiger partial charge is 0.310 e. The van der Waals surface area contributed by atoms with Crippen LogP contribution < -0.4 is 0 Å². The van der Waals surface area contributed by atoms with Gasteiger partial charge in [-0.3, -0.25) is 14.4 Å². The molecule has 1 aliphatic heterocycles. The molecule has 8 nitrogen and oxygen atoms in total. The first-order valence-corrected chi connectivity index (χ1v) is 11.6. The van der Waals surface area contributed by atoms with Gasteiger partial charge in [0, 0.05) is 25.7 Å². The van der Waals surface area contributed by atoms with Crippen LogP contribution >= 0.6 is 0 Å². The third-order valence-corrected chi connectivity index (χ3v) is 7.67. The van der Waals surface area contributed by atoms with Crippen LogP contribution in [0.25, 0.3) is 0 Å². The molecule has 174 valence electrons. The minimum Gasteiger partial charge on any atom is -0.455 e. The molecule has 0 radical (unpaired) electrons. The molecular formula is C25H28N2O6. The van der Waals surface area contributed by atoms with Crippen LogP contribution in [0.1, 0.15) is 69.3 Å². The van der Waals surface area contributed by atoms with E-state index >= 15 is 0 Å². The number of rotatable bonds is 4. The highest BCUT2D eigenvalue weighted by molar-refractivity contribution is 5.90. The van der Waals surface area contributed by atoms with Gasteiger partial charge in [-0.2, -0.15) is 4.98 Å². The van der Waals surface area contributed by atoms with Crippen molar-refractivity contribution in [2.75, 3.05) is 0 Å². The second-order valence-electron chi connectivity index (χ2n) is 9.79. The molecule has 1 saturated heterocycles. The molecule has 0 spiro atoms. The van der Waals surface area contributed by atoms with Crippen molar-refractivity contribution >= 4 is 17.7 Å². The number of hydrogen-bond donors (Lipinski definition) is 0. The van der Waals surface area contributed by atoms with Gasteiger partial charge in [-0.1, -0.05) is 42.4 Å². The lowest BCUT2D eigenvalue weighted by atomic mass is 9.50. The summed E-state index contributed by atoms with van der Waals surface area (Å²) in [6, 6.07) is 9.81. The first kappa shape index (κ1) is 21.8. The van der Waals surface area contributed by atoms with E-state index in [-0.39, 0.29) is 35.4 Å². The predicted molar refractivity (Wildman–Crippen MR) is 115 cm³/mol. The number of cyclic esters (lactones) is 1. The molecular weight excluding hydrogens is 424 g/mol. The van der Waals surface area contributed by atoms with Crippen molar-refractivity contribution in [3.05, 3.63) is 47.6 Å². The van der Waals surface area contributed by atoms with Gasteiger partial charge in [0.2, 0.25) is 0 Å². The molecule has 5 rings (SSSR count). The number of aromatic nitrogens is 2. The third kappa shape index (κ3) is 3.96. The minimum absolute atomic E-state index is 0.0719. The van der Waals surface area contributed by atoms with Gasteiger partial charge in [-0.15, -0.1) is 0 Å². The standard InChI is InChI=1S/C25H28N2O6/c1-14(28)31-18-11-9-16-8-10-17-24(30)32-19(13-25(17,2)21(16)22(18)29)23-26-20(27-33-23)12-15-6-4-3-5-7-15/h3-7,16-19,21H,8-13H2,1-2H3/t16?,17-,18-,19-,21+,25-/m0/s1. The van der Waals surface area contributed by atoms with Gasteiger partial charge >= 0.3 is 11.9 Å². The Labute approximate surface area is 192 Å². The Hall–Kier alpha value is -3.03. The fraction of sp³-hybridized carbons (Fsp3) is 0.560. The molecule has 6 atom stereocenters. The largest absolute Gasteiger partial charge is 0.455 e. The highest BCUT2D eigenvalue weighted by Gasteiger charge is 2.60. The van der Waals surface area contributed by atoms with E-state index in [0.717, 1.165) is 18.4 Å². The van der Waals surface area contributed by atoms with E-state index in [2.05, 4.69) is 10.1 Å². The molecule has 2 saturated carbocycles. The Balaban J connectivity index is 1.40. The lowest BCUT2D eigenvalue weighted by molar-refractivity contribution is -0.194. The number of benzene rings is 1. The molecule has 3 aliphatic rings. The molecule has 3 fully saturated rings. The molecule has 2 aliphatic carbocycles. The Kier molecular flexibility index (Phi) is 5.54. The molecule has 1 aromatic carbocycles. The number of carbonyl (C=O) groups is 3. The summed E-state index contributed by atoms with van der Waals surface area (Å²) in [5.74, 6) is -0.635. The highest BCUT2D eigenvalue weighted by Crippen LogP contribution is 2.58. The van der Waals surface area contributed by atoms with Crippen molar-refractivity contribution < 1.29 is 28.4 Å². The van der Waals surface area contributed by atoms with E-state index < -0.39 is 23.6 Å². The zero-order chi connectivity index (χ0) is 23.2. The maximum absolute atomic E-state index is 13.4. The van der Waals surface area contributed by atoms with Gasteiger partial charge in [0.05, 0.1) is 5.92 Å². The Morgan fingerprint density at radius 2 is 1.91 bits per heavy atom. The van der Waals surface area contributed by atoms with E-state index in [1.165, 1.54) is 6.92 Å². The maximum atomic E-state index is 13.4. The summed E-state index contributed by atoms with van der Waals surface area (Å²) in [6.45, 7) is 3.32. The monoisotopic (exact) mass is 452 g/mol. The van der Waals surface area contributed by atoms with Crippen LogP contribution in [0.15, 0.2) is 34.9 Å². The lowest BCUT2D eigenvalue weighted by Crippen LogP contribution is -2.57. The molecule has 0 amide bonds. The van der Waals surface area contributed by atoms with Crippen molar-refractivity contribution in [3.8, 4) is 0 Å². The Morgan fingerprint density at radius 1 is 1.15 bits per heavy atom. The zero-order valence-corrected chi connectivity index (χ0v) is 18.9. The van der Waals surface area contributed by atoms with Crippen molar-refractivity contribution in [3.63, 3.8) is 0 Å². The lowest BCUT2D eigenvalue weighted by Gasteiger charge is -2.54. The van der Waals surface area contributed by atoms with E-state index in [9.17, 15) is 14.4 Å². The van der Waals surface area contributed by atoms with Gasteiger partial charge in [0.1, 0.15) is 0 Å². The average molecular weight is 453 g/mol. The first-order valence-electron chi connectivity index (χ1n) is 11.6. The first-order chi connectivity index (χ1) is 15.8. The van der Waals surface area contributed by atoms with Crippen LogP contribution in [0.3, 0.4) is 0 Å². The van der Waals surface area contributed by atoms with Gasteiger partial charge in [0.15, 0.2) is 23.8 Å². The van der Waals surface area contributed by atoms with Gasteiger partial charge < -0.3 is 14.0 Å². The van der Waals surface area contributed by atoms with Crippen LogP contribution in [-0.4, -0.2) is 34.0 Å². The second kappa shape index (κ2) is 8.39. The fourth-order valence-corrected chi connectivity index (χ4v) is 6.23. The van der Waals surface area contributed by atoms with Crippen LogP contribution in [0.4, 0.5) is 0 Å². The fourth-order valence-electron chi connectivity index (χ4n) is 6.23. The van der Waals surface area contributed by atoms with E-state index in [1.54, 1.807) is 0 Å². The van der Waals surface area contributed by atoms with Crippen LogP contribution in [-0.2, 0) is 30.3 Å². The van der Waals surface area contributed by atoms with Crippen molar-refractivity contribution in [2.24, 2.45) is 23.2 Å². The number of esters is 2. The molecule has 1 unspecified atom stereocenters. The van der Waals surface area contributed by atoms with Gasteiger partial charge in [-0.05, 0) is 42.6 Å². The minimum atomic E-state index is -0.739. The quantitative estimate of drug-likeness (QED) is 0.648. The number of nitrogens with zero attached hydrogens (tertiary/aromatic N) is 2. The maximum Gasteiger partial charge on any atom is 0.310 e. The molecule has 0 N–H and O–H groups in total. The summed E-state index contributed by atoms with van der Waals surface area (Å²) < 4.78 is 16.6. The van der Waals surface area contributed by atoms with E-state index in [4.69, 9.17) is 14.0 Å². The molecule has 33 heavy (non-hydrogen) atoms. The van der Waals surface area contributed by atoms with Crippen molar-refractivity contribution in [1.82, 2.24) is 10.1 Å². The topological polar surface area (TPSA) is 109 Å². The number of fused-ring (bicyclic) bond motifs is 3. The SMILES string of the molecule is CC(=O)O[C@H]1CCC2CC[C@H]3C(=O)O[C@H](c4nc(Cc5ccccc5)no4)C[C@]3(C)[C@H]2C1=O. The van der Waals surface area contributed by atoms with Crippen LogP contribution in [0, 0.1) is 23.2 Å². The molecule has 2 heterocycles. The predicted octanol–water partition coefficient (Wildman–Crippen LogP) is 3.59. The third-order valence-electron chi connectivity index (χ3n) is 7.67. The summed E-state index contributed by atoms with van der Waals surface area (Å²) in [6.07, 6.45) is 2.34. The molecule has 2 aromatic rings. The number of hydrogen-bond acceptors (Lipinski definition) is 8. The van der Waals surface area contributed by atoms with E-state index in [0.29, 0.717) is 31.5 Å². The normalized spacial score (nSPS) is 33.6. The van der Waals surface area contributed by atoms with Gasteiger partial charge in [0.25, 0.3) is 5.89 Å². The summed E-state index contributed by atoms with van der Waals surface area (Å²) >= 11 is 0. The molecule has 0 bridgehead atoms. The average Bonchev–Trinajstić information content (AvgIpc) is 3.24. The Bertz CT molecular complexity index is 1070. The molecule has 1 aromatic heterocycles. The highest BCUT2D eigenvalue weighted by atomic mass is 16.6. The summed E-state index contributed by atoms with van der Waals surface area (Å²) in [5.41, 5.74) is 0.435. The second-order valence-corrected chi connectivity index (χ2v) is 9.79. The Morgan fingerprint density at radius 3 is 2.67 bits per heavy atom. The van der Waals surface area contributed by atoms with E-state index in [1.807, 2.05) is 37.3 Å². The summed E-state index contributed by atoms with van der Waals surface area (Å²) in [5, 5.41) is 4.08. The van der Waals surface area contributed by atoms with Crippen LogP contribution in [0.2, 0.25) is 0 Å². The number of carbonyl (C=O) groups excluding carboxylic acids is 3. The van der Waals surface area contributed by atoms with Crippen molar-refractivity contribution in [1.29, 1.82) is 0 Å². The number of Topliss-reactive ketones (excluding diaryl/α,β-unsaturated/α-hetero) is 1. The number of ketones is 1. The summed E-state index contributed by atoms with van der Waals surface area (Å²) in [4.78, 5) is 42.5. The summed E-state index contributed by atoms with van der Waals surface area (Å²) in [7, 11) is 0. The zero-order valence-electron chi connectivity index (χ0n) is 18.9. The van der Waals surface area contributed by atoms with Gasteiger partial charge in [-0.25, -0.2) is 0 Å². The van der Waals surface area contributed by atoms with Crippen LogP contribution in [0.5, 0.6) is 0 Å². The van der Waals surface area contributed by atoms with Crippen molar-refractivity contribution in [2.45, 2.75) is 64.6 Å². The molecule has 8 heteroatoms.